The van der Waals surface area contributed by atoms with Crippen LogP contribution in [0.15, 0.2) is 29.2 Å². The molecule has 2 heteroatoms. The standard InChI is InChI=1S/C13H14OS/c1-9-5-11(6-14)3-4-12(9)13-8-15-7-10(13)2/h3-7,13H,8H2,1-2H3. The normalized spacial score (nSPS) is 20.1. The van der Waals surface area contributed by atoms with Crippen LogP contribution in [0.5, 0.6) is 0 Å². The highest BCUT2D eigenvalue weighted by Crippen LogP contribution is 2.37. The molecule has 1 aromatic carbocycles. The fraction of sp³-hybridized carbons (Fsp3) is 0.308. The van der Waals surface area contributed by atoms with E-state index in [2.05, 4.69) is 25.3 Å². The molecule has 0 spiro atoms. The van der Waals surface area contributed by atoms with Crippen molar-refractivity contribution in [2.75, 3.05) is 5.75 Å². The second-order valence-corrected chi connectivity index (χ2v) is 4.88. The lowest BCUT2D eigenvalue weighted by Gasteiger charge is -2.14. The van der Waals surface area contributed by atoms with Gasteiger partial charge in [-0.05, 0) is 36.4 Å². The number of carbonyl (C=O) groups excluding carboxylic acids is 1. The summed E-state index contributed by atoms with van der Waals surface area (Å²) in [6, 6.07) is 5.97. The van der Waals surface area contributed by atoms with Crippen LogP contribution >= 0.6 is 11.8 Å². The molecule has 1 aliphatic heterocycles. The van der Waals surface area contributed by atoms with Crippen molar-refractivity contribution >= 4 is 18.0 Å². The molecule has 0 N–H and O–H groups in total. The Morgan fingerprint density at radius 3 is 2.73 bits per heavy atom. The molecule has 78 valence electrons. The minimum atomic E-state index is 0.538. The van der Waals surface area contributed by atoms with E-state index in [9.17, 15) is 4.79 Å². The topological polar surface area (TPSA) is 17.1 Å². The van der Waals surface area contributed by atoms with Gasteiger partial charge in [-0.15, -0.1) is 11.8 Å². The number of hydrogen-bond donors (Lipinski definition) is 0. The Labute approximate surface area is 94.6 Å². The maximum Gasteiger partial charge on any atom is 0.150 e. The van der Waals surface area contributed by atoms with Gasteiger partial charge in [0.25, 0.3) is 0 Å². The van der Waals surface area contributed by atoms with Crippen LogP contribution in [0.4, 0.5) is 0 Å². The van der Waals surface area contributed by atoms with Crippen molar-refractivity contribution in [1.29, 1.82) is 0 Å². The minimum Gasteiger partial charge on any atom is -0.298 e. The van der Waals surface area contributed by atoms with Gasteiger partial charge in [0.2, 0.25) is 0 Å². The molecule has 0 radical (unpaired) electrons. The van der Waals surface area contributed by atoms with Crippen LogP contribution in [0.2, 0.25) is 0 Å². The van der Waals surface area contributed by atoms with Gasteiger partial charge in [-0.2, -0.15) is 0 Å². The molecule has 0 aliphatic carbocycles. The summed E-state index contributed by atoms with van der Waals surface area (Å²) in [6.45, 7) is 4.26. The molecule has 1 unspecified atom stereocenters. The second-order valence-electron chi connectivity index (χ2n) is 3.98. The first-order chi connectivity index (χ1) is 7.22. The van der Waals surface area contributed by atoms with Gasteiger partial charge < -0.3 is 0 Å². The van der Waals surface area contributed by atoms with Crippen molar-refractivity contribution in [1.82, 2.24) is 0 Å². The van der Waals surface area contributed by atoms with E-state index in [1.165, 1.54) is 16.7 Å². The zero-order valence-corrected chi connectivity index (χ0v) is 9.80. The van der Waals surface area contributed by atoms with Gasteiger partial charge >= 0.3 is 0 Å². The third-order valence-electron chi connectivity index (χ3n) is 2.89. The summed E-state index contributed by atoms with van der Waals surface area (Å²) in [5, 5.41) is 2.23. The molecular weight excluding hydrogens is 204 g/mol. The molecule has 0 saturated carbocycles. The van der Waals surface area contributed by atoms with Crippen LogP contribution in [0.25, 0.3) is 0 Å². The van der Waals surface area contributed by atoms with Crippen molar-refractivity contribution in [3.8, 4) is 0 Å². The average molecular weight is 218 g/mol. The molecule has 1 heterocycles. The van der Waals surface area contributed by atoms with Crippen LogP contribution in [0.3, 0.4) is 0 Å². The summed E-state index contributed by atoms with van der Waals surface area (Å²) in [6.07, 6.45) is 0.906. The van der Waals surface area contributed by atoms with E-state index in [-0.39, 0.29) is 0 Å². The molecule has 2 rings (SSSR count). The number of carbonyl (C=O) groups is 1. The minimum absolute atomic E-state index is 0.538. The highest BCUT2D eigenvalue weighted by molar-refractivity contribution is 8.02. The molecule has 1 atom stereocenters. The van der Waals surface area contributed by atoms with Crippen LogP contribution in [0.1, 0.15) is 34.3 Å². The van der Waals surface area contributed by atoms with E-state index in [0.29, 0.717) is 5.92 Å². The summed E-state index contributed by atoms with van der Waals surface area (Å²) in [5.74, 6) is 1.67. The Hall–Kier alpha value is -1.02. The number of benzene rings is 1. The maximum absolute atomic E-state index is 10.6. The molecule has 0 saturated heterocycles. The fourth-order valence-electron chi connectivity index (χ4n) is 1.99. The SMILES string of the molecule is CC1=CSCC1c1ccc(C=O)cc1C. The Morgan fingerprint density at radius 1 is 1.40 bits per heavy atom. The lowest BCUT2D eigenvalue weighted by Crippen LogP contribution is -2.02. The lowest BCUT2D eigenvalue weighted by molar-refractivity contribution is 0.112. The van der Waals surface area contributed by atoms with Crippen LogP contribution in [-0.4, -0.2) is 12.0 Å². The number of aldehydes is 1. The average Bonchev–Trinajstić information content (AvgIpc) is 2.64. The van der Waals surface area contributed by atoms with E-state index in [4.69, 9.17) is 0 Å². The molecule has 15 heavy (non-hydrogen) atoms. The van der Waals surface area contributed by atoms with Gasteiger partial charge in [-0.1, -0.05) is 17.7 Å². The van der Waals surface area contributed by atoms with Gasteiger partial charge in [0.1, 0.15) is 6.29 Å². The van der Waals surface area contributed by atoms with Crippen LogP contribution in [-0.2, 0) is 0 Å². The third kappa shape index (κ3) is 2.00. The first-order valence-corrected chi connectivity index (χ1v) is 6.11. The van der Waals surface area contributed by atoms with E-state index < -0.39 is 0 Å². The first-order valence-electron chi connectivity index (χ1n) is 5.06. The maximum atomic E-state index is 10.6. The molecular formula is C13H14OS. The highest BCUT2D eigenvalue weighted by Gasteiger charge is 2.19. The highest BCUT2D eigenvalue weighted by atomic mass is 32.2. The predicted molar refractivity (Wildman–Crippen MR) is 65.5 cm³/mol. The van der Waals surface area contributed by atoms with Crippen molar-refractivity contribution in [3.63, 3.8) is 0 Å². The number of allylic oxidation sites excluding steroid dienone is 1. The third-order valence-corrected chi connectivity index (χ3v) is 3.95. The molecule has 0 fully saturated rings. The molecule has 0 aromatic heterocycles. The zero-order chi connectivity index (χ0) is 10.8. The Bertz CT molecular complexity index is 421. The van der Waals surface area contributed by atoms with E-state index in [0.717, 1.165) is 17.6 Å². The lowest BCUT2D eigenvalue weighted by atomic mass is 9.90. The fourth-order valence-corrected chi connectivity index (χ4v) is 3.15. The van der Waals surface area contributed by atoms with Gasteiger partial charge in [0.05, 0.1) is 0 Å². The smallest absolute Gasteiger partial charge is 0.150 e. The Morgan fingerprint density at radius 2 is 2.20 bits per heavy atom. The van der Waals surface area contributed by atoms with Crippen molar-refractivity contribution in [2.45, 2.75) is 19.8 Å². The zero-order valence-electron chi connectivity index (χ0n) is 8.99. The largest absolute Gasteiger partial charge is 0.298 e. The summed E-state index contributed by atoms with van der Waals surface area (Å²) in [5.41, 5.74) is 4.78. The molecule has 1 nitrogen and oxygen atoms in total. The number of hydrogen-bond acceptors (Lipinski definition) is 2. The van der Waals surface area contributed by atoms with Gasteiger partial charge in [0.15, 0.2) is 0 Å². The van der Waals surface area contributed by atoms with Crippen LogP contribution < -0.4 is 0 Å². The number of rotatable bonds is 2. The molecule has 0 amide bonds. The molecule has 1 aliphatic rings. The summed E-state index contributed by atoms with van der Waals surface area (Å²) in [7, 11) is 0. The molecule has 1 aromatic rings. The van der Waals surface area contributed by atoms with Gasteiger partial charge in [-0.3, -0.25) is 4.79 Å². The number of thioether (sulfide) groups is 1. The van der Waals surface area contributed by atoms with E-state index in [1.54, 1.807) is 0 Å². The first kappa shape index (κ1) is 10.5. The summed E-state index contributed by atoms with van der Waals surface area (Å²) < 4.78 is 0. The second kappa shape index (κ2) is 4.23. The quantitative estimate of drug-likeness (QED) is 0.706. The molecule has 0 bridgehead atoms. The Balaban J connectivity index is 2.37. The van der Waals surface area contributed by atoms with Crippen molar-refractivity contribution in [2.24, 2.45) is 0 Å². The van der Waals surface area contributed by atoms with Crippen molar-refractivity contribution in [3.05, 3.63) is 45.9 Å². The van der Waals surface area contributed by atoms with E-state index >= 15 is 0 Å². The summed E-state index contributed by atoms with van der Waals surface area (Å²) in [4.78, 5) is 10.6. The number of aryl methyl sites for hydroxylation is 1. The van der Waals surface area contributed by atoms with Crippen molar-refractivity contribution < 1.29 is 4.79 Å². The Kier molecular flexibility index (Phi) is 2.96. The van der Waals surface area contributed by atoms with Gasteiger partial charge in [0, 0.05) is 17.2 Å². The monoisotopic (exact) mass is 218 g/mol. The van der Waals surface area contributed by atoms with E-state index in [1.807, 2.05) is 23.9 Å². The van der Waals surface area contributed by atoms with Crippen LogP contribution in [0, 0.1) is 6.92 Å². The predicted octanol–water partition coefficient (Wildman–Crippen LogP) is 3.54. The van der Waals surface area contributed by atoms with Gasteiger partial charge in [-0.25, -0.2) is 0 Å². The summed E-state index contributed by atoms with van der Waals surface area (Å²) >= 11 is 1.87.